The first-order chi connectivity index (χ1) is 10.3. The second-order valence-corrected chi connectivity index (χ2v) is 5.94. The number of ether oxygens (including phenoxy) is 1. The molecule has 2 aliphatic rings. The van der Waals surface area contributed by atoms with Crippen molar-refractivity contribution in [3.05, 3.63) is 42.1 Å². The summed E-state index contributed by atoms with van der Waals surface area (Å²) < 4.78 is 10.9. The zero-order chi connectivity index (χ0) is 14.2. The number of Topliss-reactive ketones (excluding diaryl/α,β-unsaturated/α-hetero) is 1. The summed E-state index contributed by atoms with van der Waals surface area (Å²) in [4.78, 5) is 12.6. The van der Waals surface area contributed by atoms with E-state index in [0.29, 0.717) is 12.2 Å². The lowest BCUT2D eigenvalue weighted by Crippen LogP contribution is -2.30. The van der Waals surface area contributed by atoms with E-state index < -0.39 is 0 Å². The second-order valence-electron chi connectivity index (χ2n) is 5.94. The number of carbonyl (C=O) groups is 1. The first-order valence-corrected chi connectivity index (χ1v) is 7.50. The highest BCUT2D eigenvalue weighted by molar-refractivity contribution is 5.98. The van der Waals surface area contributed by atoms with Crippen LogP contribution >= 0.6 is 0 Å². The van der Waals surface area contributed by atoms with E-state index in [1.807, 2.05) is 30.3 Å². The highest BCUT2D eigenvalue weighted by Crippen LogP contribution is 2.37. The summed E-state index contributed by atoms with van der Waals surface area (Å²) in [5, 5.41) is 3.70. The van der Waals surface area contributed by atoms with Gasteiger partial charge in [-0.15, -0.1) is 0 Å². The van der Waals surface area contributed by atoms with Gasteiger partial charge < -0.3 is 9.26 Å². The van der Waals surface area contributed by atoms with Crippen molar-refractivity contribution in [3.8, 4) is 11.3 Å². The van der Waals surface area contributed by atoms with Crippen LogP contribution in [0.3, 0.4) is 0 Å². The Kier molecular flexibility index (Phi) is 3.11. The van der Waals surface area contributed by atoms with Gasteiger partial charge in [-0.2, -0.15) is 0 Å². The van der Waals surface area contributed by atoms with Crippen LogP contribution in [-0.4, -0.2) is 23.1 Å². The van der Waals surface area contributed by atoms with Gasteiger partial charge in [0.1, 0.15) is 0 Å². The third-order valence-electron chi connectivity index (χ3n) is 4.55. The zero-order valence-corrected chi connectivity index (χ0v) is 11.7. The molecule has 0 radical (unpaired) electrons. The van der Waals surface area contributed by atoms with E-state index in [9.17, 15) is 4.79 Å². The summed E-state index contributed by atoms with van der Waals surface area (Å²) >= 11 is 0. The molecule has 2 fully saturated rings. The summed E-state index contributed by atoms with van der Waals surface area (Å²) in [5.41, 5.74) is 1.72. The normalized spacial score (nSPS) is 27.7. The van der Waals surface area contributed by atoms with Crippen LogP contribution in [0.2, 0.25) is 0 Å². The minimum absolute atomic E-state index is 0.118. The first kappa shape index (κ1) is 12.8. The topological polar surface area (TPSA) is 52.3 Å². The Morgan fingerprint density at radius 1 is 1.05 bits per heavy atom. The maximum atomic E-state index is 12.6. The van der Waals surface area contributed by atoms with Crippen molar-refractivity contribution in [3.63, 3.8) is 0 Å². The number of hydrogen-bond acceptors (Lipinski definition) is 4. The lowest BCUT2D eigenvalue weighted by molar-refractivity contribution is -0.0149. The van der Waals surface area contributed by atoms with Gasteiger partial charge in [0.2, 0.25) is 0 Å². The number of rotatable bonds is 3. The van der Waals surface area contributed by atoms with Gasteiger partial charge >= 0.3 is 0 Å². The maximum absolute atomic E-state index is 12.6. The first-order valence-electron chi connectivity index (χ1n) is 7.50. The Morgan fingerprint density at radius 2 is 1.76 bits per heavy atom. The quantitative estimate of drug-likeness (QED) is 0.809. The Balaban J connectivity index is 1.52. The van der Waals surface area contributed by atoms with E-state index in [1.165, 1.54) is 0 Å². The van der Waals surface area contributed by atoms with Gasteiger partial charge in [0.15, 0.2) is 11.5 Å². The highest BCUT2D eigenvalue weighted by Gasteiger charge is 2.38. The molecule has 1 aromatic carbocycles. The number of benzene rings is 1. The third kappa shape index (κ3) is 2.40. The highest BCUT2D eigenvalue weighted by atomic mass is 16.5. The molecule has 2 atom stereocenters. The second kappa shape index (κ2) is 5.11. The van der Waals surface area contributed by atoms with Crippen molar-refractivity contribution in [1.29, 1.82) is 0 Å². The van der Waals surface area contributed by atoms with Gasteiger partial charge in [-0.1, -0.05) is 29.4 Å². The summed E-state index contributed by atoms with van der Waals surface area (Å²) in [7, 11) is 0. The number of fused-ring (bicyclic) bond motifs is 2. The van der Waals surface area contributed by atoms with Gasteiger partial charge in [-0.25, -0.2) is 0 Å². The summed E-state index contributed by atoms with van der Waals surface area (Å²) in [6, 6.07) is 9.42. The zero-order valence-electron chi connectivity index (χ0n) is 11.7. The summed E-state index contributed by atoms with van der Waals surface area (Å²) in [6.07, 6.45) is 6.18. The van der Waals surface area contributed by atoms with Gasteiger partial charge in [0.05, 0.1) is 18.4 Å². The van der Waals surface area contributed by atoms with Crippen molar-refractivity contribution in [2.24, 2.45) is 5.92 Å². The van der Waals surface area contributed by atoms with Crippen LogP contribution < -0.4 is 0 Å². The number of carbonyl (C=O) groups excluding carboxylic acids is 1. The van der Waals surface area contributed by atoms with Crippen LogP contribution in [0.15, 0.2) is 41.1 Å². The standard InChI is InChI=1S/C17H17NO3/c19-17(13-9-14-5-6-15(10-13)20-14)12-3-1-11(2-4-12)16-7-8-18-21-16/h1-4,7-8,13-15H,5-6,9-10H2. The number of ketones is 1. The maximum Gasteiger partial charge on any atom is 0.166 e. The van der Waals surface area contributed by atoms with E-state index in [1.54, 1.807) is 6.20 Å². The Labute approximate surface area is 123 Å². The monoisotopic (exact) mass is 283 g/mol. The number of nitrogens with zero attached hydrogens (tertiary/aromatic N) is 1. The molecule has 21 heavy (non-hydrogen) atoms. The molecule has 2 aliphatic heterocycles. The Morgan fingerprint density at radius 3 is 2.38 bits per heavy atom. The molecule has 1 aromatic heterocycles. The van der Waals surface area contributed by atoms with Crippen molar-refractivity contribution >= 4 is 5.78 Å². The van der Waals surface area contributed by atoms with Gasteiger partial charge in [-0.05, 0) is 25.7 Å². The molecule has 2 aromatic rings. The van der Waals surface area contributed by atoms with Gasteiger partial charge in [0.25, 0.3) is 0 Å². The molecule has 108 valence electrons. The molecule has 0 aliphatic carbocycles. The molecule has 4 rings (SSSR count). The molecule has 0 amide bonds. The van der Waals surface area contributed by atoms with E-state index in [2.05, 4.69) is 5.16 Å². The molecule has 2 saturated heterocycles. The van der Waals surface area contributed by atoms with Crippen LogP contribution in [0.1, 0.15) is 36.0 Å². The Bertz CT molecular complexity index is 621. The molecule has 2 bridgehead atoms. The van der Waals surface area contributed by atoms with E-state index >= 15 is 0 Å². The van der Waals surface area contributed by atoms with E-state index in [0.717, 1.165) is 42.6 Å². The van der Waals surface area contributed by atoms with Crippen LogP contribution in [-0.2, 0) is 4.74 Å². The lowest BCUT2D eigenvalue weighted by atomic mass is 9.88. The molecule has 4 heteroatoms. The van der Waals surface area contributed by atoms with Crippen molar-refractivity contribution in [2.45, 2.75) is 37.9 Å². The van der Waals surface area contributed by atoms with Gasteiger partial charge in [0, 0.05) is 23.1 Å². The molecule has 2 unspecified atom stereocenters. The lowest BCUT2D eigenvalue weighted by Gasteiger charge is -2.27. The summed E-state index contributed by atoms with van der Waals surface area (Å²) in [6.45, 7) is 0. The SMILES string of the molecule is O=C(c1ccc(-c2ccno2)cc1)C1CC2CCC(C1)O2. The van der Waals surface area contributed by atoms with Crippen LogP contribution in [0.25, 0.3) is 11.3 Å². The van der Waals surface area contributed by atoms with Crippen LogP contribution in [0, 0.1) is 5.92 Å². The number of hydrogen-bond donors (Lipinski definition) is 0. The predicted molar refractivity (Wildman–Crippen MR) is 76.9 cm³/mol. The third-order valence-corrected chi connectivity index (χ3v) is 4.55. The van der Waals surface area contributed by atoms with Gasteiger partial charge in [-0.3, -0.25) is 4.79 Å². The smallest absolute Gasteiger partial charge is 0.166 e. The van der Waals surface area contributed by atoms with E-state index in [-0.39, 0.29) is 11.7 Å². The van der Waals surface area contributed by atoms with Crippen molar-refractivity contribution in [2.75, 3.05) is 0 Å². The van der Waals surface area contributed by atoms with Crippen molar-refractivity contribution < 1.29 is 14.1 Å². The fourth-order valence-electron chi connectivity index (χ4n) is 3.47. The fraction of sp³-hybridized carbons (Fsp3) is 0.412. The van der Waals surface area contributed by atoms with Crippen molar-refractivity contribution in [1.82, 2.24) is 5.16 Å². The predicted octanol–water partition coefficient (Wildman–Crippen LogP) is 3.48. The van der Waals surface area contributed by atoms with Crippen LogP contribution in [0.5, 0.6) is 0 Å². The largest absolute Gasteiger partial charge is 0.375 e. The molecule has 0 saturated carbocycles. The fourth-order valence-corrected chi connectivity index (χ4v) is 3.47. The molecular weight excluding hydrogens is 266 g/mol. The average molecular weight is 283 g/mol. The Hall–Kier alpha value is -1.94. The molecular formula is C17H17NO3. The molecule has 0 N–H and O–H groups in total. The number of aromatic nitrogens is 1. The average Bonchev–Trinajstić information content (AvgIpc) is 3.17. The summed E-state index contributed by atoms with van der Waals surface area (Å²) in [5.74, 6) is 1.09. The van der Waals surface area contributed by atoms with E-state index in [4.69, 9.17) is 9.26 Å². The minimum atomic E-state index is 0.118. The molecule has 0 spiro atoms. The van der Waals surface area contributed by atoms with Crippen LogP contribution in [0.4, 0.5) is 0 Å². The molecule has 3 heterocycles. The minimum Gasteiger partial charge on any atom is -0.375 e. The molecule has 4 nitrogen and oxygen atoms in total.